The predicted molar refractivity (Wildman–Crippen MR) is 65.2 cm³/mol. The van der Waals surface area contributed by atoms with E-state index in [4.69, 9.17) is 5.73 Å². The van der Waals surface area contributed by atoms with Crippen LogP contribution in [0.1, 0.15) is 15.9 Å². The van der Waals surface area contributed by atoms with Crippen LogP contribution in [-0.2, 0) is 0 Å². The van der Waals surface area contributed by atoms with Crippen LogP contribution in [0.25, 0.3) is 0 Å². The van der Waals surface area contributed by atoms with E-state index in [2.05, 4.69) is 4.98 Å². The van der Waals surface area contributed by atoms with Gasteiger partial charge >= 0.3 is 0 Å². The Bertz CT molecular complexity index is 611. The van der Waals surface area contributed by atoms with Crippen molar-refractivity contribution in [1.29, 1.82) is 0 Å². The molecule has 0 atom stereocenters. The minimum Gasteiger partial charge on any atom is -0.399 e. The van der Waals surface area contributed by atoms with Gasteiger partial charge in [-0.15, -0.1) is 0 Å². The molecule has 2 aromatic rings. The molecule has 1 aromatic heterocycles. The van der Waals surface area contributed by atoms with Crippen LogP contribution in [0.15, 0.2) is 42.7 Å². The van der Waals surface area contributed by atoms with Gasteiger partial charge in [0, 0.05) is 29.7 Å². The van der Waals surface area contributed by atoms with Gasteiger partial charge in [-0.2, -0.15) is 0 Å². The Kier molecular flexibility index (Phi) is 3.01. The molecule has 6 heteroatoms. The molecule has 0 bridgehead atoms. The van der Waals surface area contributed by atoms with Gasteiger partial charge < -0.3 is 5.73 Å². The third kappa shape index (κ3) is 2.17. The van der Waals surface area contributed by atoms with Crippen molar-refractivity contribution in [3.63, 3.8) is 0 Å². The van der Waals surface area contributed by atoms with Crippen LogP contribution in [0.3, 0.4) is 0 Å². The van der Waals surface area contributed by atoms with E-state index in [9.17, 15) is 14.9 Å². The predicted octanol–water partition coefficient (Wildman–Crippen LogP) is 1.80. The maximum Gasteiger partial charge on any atom is 0.280 e. The van der Waals surface area contributed by atoms with Gasteiger partial charge in [-0.05, 0) is 24.3 Å². The lowest BCUT2D eigenvalue weighted by molar-refractivity contribution is -0.385. The highest BCUT2D eigenvalue weighted by molar-refractivity contribution is 6.11. The molecule has 0 radical (unpaired) electrons. The summed E-state index contributed by atoms with van der Waals surface area (Å²) < 4.78 is 0. The molecule has 0 saturated carbocycles. The number of anilines is 1. The Balaban J connectivity index is 2.54. The van der Waals surface area contributed by atoms with Gasteiger partial charge in [0.1, 0.15) is 5.56 Å². The van der Waals surface area contributed by atoms with Crippen LogP contribution < -0.4 is 5.73 Å². The van der Waals surface area contributed by atoms with E-state index in [1.807, 2.05) is 0 Å². The van der Waals surface area contributed by atoms with Crippen LogP contribution >= 0.6 is 0 Å². The number of hydrogen-bond donors (Lipinski definition) is 1. The minimum atomic E-state index is -0.608. The number of nitrogens with two attached hydrogens (primary N) is 1. The van der Waals surface area contributed by atoms with Gasteiger partial charge in [0.05, 0.1) is 4.92 Å². The molecule has 2 rings (SSSR count). The first kappa shape index (κ1) is 11.7. The summed E-state index contributed by atoms with van der Waals surface area (Å²) in [5.74, 6) is -0.470. The average molecular weight is 243 g/mol. The third-order valence-corrected chi connectivity index (χ3v) is 2.39. The summed E-state index contributed by atoms with van der Waals surface area (Å²) in [4.78, 5) is 26.2. The van der Waals surface area contributed by atoms with E-state index < -0.39 is 10.7 Å². The lowest BCUT2D eigenvalue weighted by Crippen LogP contribution is -2.06. The Morgan fingerprint density at radius 2 is 2.11 bits per heavy atom. The topological polar surface area (TPSA) is 99.1 Å². The Hall–Kier alpha value is -2.76. The summed E-state index contributed by atoms with van der Waals surface area (Å²) in [7, 11) is 0. The smallest absolute Gasteiger partial charge is 0.280 e. The quantitative estimate of drug-likeness (QED) is 0.383. The largest absolute Gasteiger partial charge is 0.399 e. The SMILES string of the molecule is Nc1ccc([N+](=O)[O-])c(C(=O)c2cccnc2)c1. The summed E-state index contributed by atoms with van der Waals surface area (Å²) >= 11 is 0. The normalized spacial score (nSPS) is 10.0. The summed E-state index contributed by atoms with van der Waals surface area (Å²) in [5.41, 5.74) is 5.84. The molecule has 1 aromatic carbocycles. The number of aromatic nitrogens is 1. The van der Waals surface area contributed by atoms with Crippen LogP contribution in [0, 0.1) is 10.1 Å². The van der Waals surface area contributed by atoms with E-state index in [1.54, 1.807) is 12.1 Å². The number of nitro benzene ring substituents is 1. The fourth-order valence-corrected chi connectivity index (χ4v) is 1.55. The first-order valence-electron chi connectivity index (χ1n) is 5.08. The zero-order chi connectivity index (χ0) is 13.1. The lowest BCUT2D eigenvalue weighted by Gasteiger charge is -2.03. The van der Waals surface area contributed by atoms with Crippen molar-refractivity contribution < 1.29 is 9.72 Å². The maximum atomic E-state index is 12.1. The van der Waals surface area contributed by atoms with Gasteiger partial charge in [-0.25, -0.2) is 0 Å². The molecule has 6 nitrogen and oxygen atoms in total. The lowest BCUT2D eigenvalue weighted by atomic mass is 10.0. The molecular formula is C12H9N3O3. The highest BCUT2D eigenvalue weighted by Gasteiger charge is 2.21. The number of benzene rings is 1. The third-order valence-electron chi connectivity index (χ3n) is 2.39. The van der Waals surface area contributed by atoms with Crippen molar-refractivity contribution in [3.05, 3.63) is 64.0 Å². The molecule has 1 heterocycles. The van der Waals surface area contributed by atoms with Crippen molar-refractivity contribution in [3.8, 4) is 0 Å². The van der Waals surface area contributed by atoms with Crippen LogP contribution in [-0.4, -0.2) is 15.7 Å². The van der Waals surface area contributed by atoms with Crippen molar-refractivity contribution >= 4 is 17.2 Å². The monoisotopic (exact) mass is 243 g/mol. The van der Waals surface area contributed by atoms with Gasteiger partial charge in [0.15, 0.2) is 0 Å². The Morgan fingerprint density at radius 1 is 1.33 bits per heavy atom. The maximum absolute atomic E-state index is 12.1. The van der Waals surface area contributed by atoms with Crippen molar-refractivity contribution in [2.45, 2.75) is 0 Å². The number of nitrogen functional groups attached to an aromatic ring is 1. The van der Waals surface area contributed by atoms with Crippen molar-refractivity contribution in [2.24, 2.45) is 0 Å². The summed E-state index contributed by atoms with van der Waals surface area (Å²) in [6.45, 7) is 0. The summed E-state index contributed by atoms with van der Waals surface area (Å²) in [6, 6.07) is 7.04. The van der Waals surface area contributed by atoms with E-state index >= 15 is 0 Å². The number of hydrogen-bond acceptors (Lipinski definition) is 5. The van der Waals surface area contributed by atoms with Crippen LogP contribution in [0.5, 0.6) is 0 Å². The fraction of sp³-hybridized carbons (Fsp3) is 0. The number of ketones is 1. The number of carbonyl (C=O) groups is 1. The van der Waals surface area contributed by atoms with Gasteiger partial charge in [0.2, 0.25) is 5.78 Å². The highest BCUT2D eigenvalue weighted by atomic mass is 16.6. The number of rotatable bonds is 3. The zero-order valence-corrected chi connectivity index (χ0v) is 9.24. The molecule has 0 aliphatic rings. The molecule has 0 unspecified atom stereocenters. The average Bonchev–Trinajstić information content (AvgIpc) is 2.38. The Labute approximate surface area is 102 Å². The molecule has 0 aliphatic heterocycles. The number of nitro groups is 1. The van der Waals surface area contributed by atoms with E-state index in [0.717, 1.165) is 0 Å². The highest BCUT2D eigenvalue weighted by Crippen LogP contribution is 2.23. The summed E-state index contributed by atoms with van der Waals surface area (Å²) in [5, 5.41) is 10.9. The first-order valence-corrected chi connectivity index (χ1v) is 5.08. The molecule has 0 amide bonds. The Morgan fingerprint density at radius 3 is 2.72 bits per heavy atom. The second-order valence-corrected chi connectivity index (χ2v) is 3.60. The van der Waals surface area contributed by atoms with E-state index in [-0.39, 0.29) is 16.8 Å². The molecule has 0 fully saturated rings. The van der Waals surface area contributed by atoms with Crippen molar-refractivity contribution in [2.75, 3.05) is 5.73 Å². The standard InChI is InChI=1S/C12H9N3O3/c13-9-3-4-11(15(17)18)10(6-9)12(16)8-2-1-5-14-7-8/h1-7H,13H2. The molecule has 18 heavy (non-hydrogen) atoms. The van der Waals surface area contributed by atoms with Crippen LogP contribution in [0.2, 0.25) is 0 Å². The zero-order valence-electron chi connectivity index (χ0n) is 9.24. The van der Waals surface area contributed by atoms with E-state index in [1.165, 1.54) is 30.6 Å². The first-order chi connectivity index (χ1) is 8.59. The molecule has 0 aliphatic carbocycles. The number of nitrogens with zero attached hydrogens (tertiary/aromatic N) is 2. The number of carbonyl (C=O) groups excluding carboxylic acids is 1. The molecule has 0 spiro atoms. The molecule has 2 N–H and O–H groups in total. The minimum absolute atomic E-state index is 0.0343. The molecule has 90 valence electrons. The van der Waals surface area contributed by atoms with Gasteiger partial charge in [0.25, 0.3) is 5.69 Å². The molecular weight excluding hydrogens is 234 g/mol. The molecule has 0 saturated heterocycles. The van der Waals surface area contributed by atoms with Crippen molar-refractivity contribution in [1.82, 2.24) is 4.98 Å². The fourth-order valence-electron chi connectivity index (χ4n) is 1.55. The van der Waals surface area contributed by atoms with E-state index in [0.29, 0.717) is 5.69 Å². The number of pyridine rings is 1. The summed E-state index contributed by atoms with van der Waals surface area (Å²) in [6.07, 6.45) is 2.87. The van der Waals surface area contributed by atoms with Gasteiger partial charge in [-0.1, -0.05) is 0 Å². The second-order valence-electron chi connectivity index (χ2n) is 3.60. The second kappa shape index (κ2) is 4.62. The van der Waals surface area contributed by atoms with Gasteiger partial charge in [-0.3, -0.25) is 19.9 Å². The van der Waals surface area contributed by atoms with Crippen LogP contribution in [0.4, 0.5) is 11.4 Å².